The highest BCUT2D eigenvalue weighted by Crippen LogP contribution is 2.43. The highest BCUT2D eigenvalue weighted by atomic mass is 16.3. The molecule has 4 heteroatoms. The van der Waals surface area contributed by atoms with E-state index in [2.05, 4.69) is 9.98 Å². The van der Waals surface area contributed by atoms with Gasteiger partial charge in [0, 0.05) is 16.5 Å². The topological polar surface area (TPSA) is 68.6 Å². The van der Waals surface area contributed by atoms with Crippen LogP contribution in [0.3, 0.4) is 0 Å². The Kier molecular flexibility index (Phi) is 2.30. The van der Waals surface area contributed by atoms with Crippen LogP contribution in [0.25, 0.3) is 10.9 Å². The van der Waals surface area contributed by atoms with Gasteiger partial charge in [0.1, 0.15) is 5.60 Å². The second-order valence-electron chi connectivity index (χ2n) is 5.44. The molecule has 0 spiro atoms. The molecule has 21 heavy (non-hydrogen) atoms. The van der Waals surface area contributed by atoms with Crippen molar-refractivity contribution in [2.24, 2.45) is 4.99 Å². The predicted molar refractivity (Wildman–Crippen MR) is 82.2 cm³/mol. The Morgan fingerprint density at radius 2 is 1.76 bits per heavy atom. The molecule has 4 rings (SSSR count). The van der Waals surface area contributed by atoms with Crippen molar-refractivity contribution in [3.63, 3.8) is 0 Å². The summed E-state index contributed by atoms with van der Waals surface area (Å²) in [6.07, 6.45) is 0. The number of hydrogen-bond acceptors (Lipinski definition) is 3. The van der Waals surface area contributed by atoms with Gasteiger partial charge in [-0.15, -0.1) is 0 Å². The van der Waals surface area contributed by atoms with E-state index in [1.165, 1.54) is 0 Å². The molecule has 1 atom stereocenters. The molecule has 0 saturated carbocycles. The molecule has 0 bridgehead atoms. The summed E-state index contributed by atoms with van der Waals surface area (Å²) in [5.74, 6) is 0.0306. The first kappa shape index (κ1) is 12.2. The molecule has 0 unspecified atom stereocenters. The van der Waals surface area contributed by atoms with Gasteiger partial charge < -0.3 is 15.2 Å². The van der Waals surface area contributed by atoms with Crippen LogP contribution in [0.5, 0.6) is 5.88 Å². The quantitative estimate of drug-likeness (QED) is 0.639. The normalized spacial score (nSPS) is 20.6. The maximum atomic E-state index is 10.9. The monoisotopic (exact) mass is 278 g/mol. The van der Waals surface area contributed by atoms with Gasteiger partial charge in [0.05, 0.1) is 17.0 Å². The van der Waals surface area contributed by atoms with Crippen molar-refractivity contribution in [1.29, 1.82) is 0 Å². The third-order valence-electron chi connectivity index (χ3n) is 4.04. The third-order valence-corrected chi connectivity index (χ3v) is 4.04. The van der Waals surface area contributed by atoms with Crippen molar-refractivity contribution in [3.8, 4) is 5.88 Å². The van der Waals surface area contributed by atoms with E-state index in [4.69, 9.17) is 0 Å². The van der Waals surface area contributed by atoms with Crippen LogP contribution in [-0.4, -0.2) is 20.9 Å². The van der Waals surface area contributed by atoms with Crippen LogP contribution < -0.4 is 0 Å². The van der Waals surface area contributed by atoms with Gasteiger partial charge in [-0.05, 0) is 19.1 Å². The van der Waals surface area contributed by atoms with Crippen LogP contribution in [0.1, 0.15) is 18.1 Å². The Balaban J connectivity index is 2.01. The number of benzene rings is 2. The van der Waals surface area contributed by atoms with Gasteiger partial charge in [0.25, 0.3) is 0 Å². The first-order valence-electron chi connectivity index (χ1n) is 6.80. The second kappa shape index (κ2) is 3.96. The molecule has 0 radical (unpaired) electrons. The first-order chi connectivity index (χ1) is 10.1. The van der Waals surface area contributed by atoms with Gasteiger partial charge in [-0.25, -0.2) is 4.99 Å². The molecule has 3 aromatic rings. The van der Waals surface area contributed by atoms with Gasteiger partial charge >= 0.3 is 0 Å². The Morgan fingerprint density at radius 1 is 1.05 bits per heavy atom. The van der Waals surface area contributed by atoms with Crippen molar-refractivity contribution in [2.45, 2.75) is 12.5 Å². The minimum absolute atomic E-state index is 0.0306. The van der Waals surface area contributed by atoms with Gasteiger partial charge in [-0.3, -0.25) is 0 Å². The van der Waals surface area contributed by atoms with E-state index in [1.807, 2.05) is 48.5 Å². The number of aromatic hydroxyl groups is 1. The number of aliphatic hydroxyl groups is 1. The van der Waals surface area contributed by atoms with E-state index in [1.54, 1.807) is 6.92 Å². The molecule has 2 heterocycles. The zero-order valence-electron chi connectivity index (χ0n) is 11.5. The van der Waals surface area contributed by atoms with Crippen LogP contribution in [0.15, 0.2) is 53.5 Å². The molecule has 0 aliphatic carbocycles. The summed E-state index contributed by atoms with van der Waals surface area (Å²) in [6.45, 7) is 1.71. The summed E-state index contributed by atoms with van der Waals surface area (Å²) in [7, 11) is 0. The first-order valence-corrected chi connectivity index (χ1v) is 6.80. The number of hydrogen-bond donors (Lipinski definition) is 3. The second-order valence-corrected chi connectivity index (χ2v) is 5.44. The number of nitrogens with zero attached hydrogens (tertiary/aromatic N) is 1. The third kappa shape index (κ3) is 1.56. The van der Waals surface area contributed by atoms with E-state index in [9.17, 15) is 10.2 Å². The van der Waals surface area contributed by atoms with Crippen molar-refractivity contribution >= 4 is 22.3 Å². The average molecular weight is 278 g/mol. The van der Waals surface area contributed by atoms with E-state index in [0.29, 0.717) is 11.3 Å². The number of fused-ring (bicyclic) bond motifs is 2. The molecule has 1 aliphatic heterocycles. The molecule has 0 saturated heterocycles. The van der Waals surface area contributed by atoms with E-state index < -0.39 is 5.60 Å². The smallest absolute Gasteiger partial charge is 0.198 e. The van der Waals surface area contributed by atoms with Crippen LogP contribution in [0, 0.1) is 0 Å². The summed E-state index contributed by atoms with van der Waals surface area (Å²) >= 11 is 0. The maximum absolute atomic E-state index is 10.9. The highest BCUT2D eigenvalue weighted by molar-refractivity contribution is 6.19. The van der Waals surface area contributed by atoms with Crippen molar-refractivity contribution in [2.75, 3.05) is 0 Å². The van der Waals surface area contributed by atoms with Crippen molar-refractivity contribution in [3.05, 3.63) is 59.7 Å². The molecule has 2 aromatic carbocycles. The lowest BCUT2D eigenvalue weighted by molar-refractivity contribution is 0.137. The highest BCUT2D eigenvalue weighted by Gasteiger charge is 2.40. The number of aromatic amines is 1. The molecule has 0 fully saturated rings. The van der Waals surface area contributed by atoms with E-state index >= 15 is 0 Å². The zero-order valence-corrected chi connectivity index (χ0v) is 11.5. The summed E-state index contributed by atoms with van der Waals surface area (Å²) in [5.41, 5.74) is 2.12. The van der Waals surface area contributed by atoms with Crippen LogP contribution in [0.2, 0.25) is 0 Å². The molecule has 4 nitrogen and oxygen atoms in total. The standard InChI is InChI=1S/C17H14N2O2/c1-17(21)11-7-3-5-9-13(11)18-15(17)14-10-6-2-4-8-12(10)19-16(14)20/h2-9,19-21H,1H3/t17-/m0/s1. The van der Waals surface area contributed by atoms with Crippen LogP contribution >= 0.6 is 0 Å². The average Bonchev–Trinajstić information content (AvgIpc) is 2.93. The molecule has 104 valence electrons. The van der Waals surface area contributed by atoms with Gasteiger partial charge in [0.15, 0.2) is 5.88 Å². The minimum Gasteiger partial charge on any atom is -0.494 e. The number of aliphatic imine (C=N–C) groups is 1. The summed E-state index contributed by atoms with van der Waals surface area (Å²) in [6, 6.07) is 15.1. The zero-order chi connectivity index (χ0) is 14.6. The van der Waals surface area contributed by atoms with E-state index in [-0.39, 0.29) is 5.88 Å². The molecule has 1 aliphatic rings. The summed E-state index contributed by atoms with van der Waals surface area (Å²) in [4.78, 5) is 7.48. The Hall–Kier alpha value is -2.59. The molecular formula is C17H14N2O2. The van der Waals surface area contributed by atoms with E-state index in [0.717, 1.165) is 22.2 Å². The Morgan fingerprint density at radius 3 is 2.57 bits per heavy atom. The van der Waals surface area contributed by atoms with Crippen LogP contribution in [-0.2, 0) is 5.60 Å². The number of aromatic nitrogens is 1. The molecule has 1 aromatic heterocycles. The molecule has 3 N–H and O–H groups in total. The minimum atomic E-state index is -1.22. The SMILES string of the molecule is C[C@@]1(O)C(c2c(O)[nH]c3ccccc23)=Nc2ccccc21. The summed E-state index contributed by atoms with van der Waals surface area (Å²) < 4.78 is 0. The van der Waals surface area contributed by atoms with Crippen molar-refractivity contribution in [1.82, 2.24) is 4.98 Å². The van der Waals surface area contributed by atoms with Crippen molar-refractivity contribution < 1.29 is 10.2 Å². The molecule has 0 amide bonds. The Labute approximate surface area is 121 Å². The van der Waals surface area contributed by atoms with Crippen LogP contribution in [0.4, 0.5) is 5.69 Å². The number of para-hydroxylation sites is 2. The number of nitrogens with one attached hydrogen (secondary N) is 1. The van der Waals surface area contributed by atoms with Gasteiger partial charge in [0.2, 0.25) is 0 Å². The summed E-state index contributed by atoms with van der Waals surface area (Å²) in [5, 5.41) is 22.0. The fourth-order valence-electron chi connectivity index (χ4n) is 3.01. The fourth-order valence-corrected chi connectivity index (χ4v) is 3.01. The number of rotatable bonds is 1. The van der Waals surface area contributed by atoms with Gasteiger partial charge in [-0.2, -0.15) is 0 Å². The fraction of sp³-hybridized carbons (Fsp3) is 0.118. The maximum Gasteiger partial charge on any atom is 0.198 e. The lowest BCUT2D eigenvalue weighted by Crippen LogP contribution is -2.29. The largest absolute Gasteiger partial charge is 0.494 e. The Bertz CT molecular complexity index is 891. The lowest BCUT2D eigenvalue weighted by atomic mass is 9.88. The lowest BCUT2D eigenvalue weighted by Gasteiger charge is -2.20. The van der Waals surface area contributed by atoms with Gasteiger partial charge in [-0.1, -0.05) is 36.4 Å². The molecular weight excluding hydrogens is 264 g/mol. The number of H-pyrrole nitrogens is 1. The predicted octanol–water partition coefficient (Wildman–Crippen LogP) is 3.22.